The van der Waals surface area contributed by atoms with Gasteiger partial charge in [0, 0.05) is 11.6 Å². The fraction of sp³-hybridized carbons (Fsp3) is 0.273. The maximum absolute atomic E-state index is 11.4. The number of benzene rings is 2. The topological polar surface area (TPSA) is 125 Å². The fourth-order valence-electron chi connectivity index (χ4n) is 2.66. The summed E-state index contributed by atoms with van der Waals surface area (Å²) in [7, 11) is -3.59. The van der Waals surface area contributed by atoms with Gasteiger partial charge in [-0.2, -0.15) is 8.42 Å². The molecule has 2 aromatic carbocycles. The predicted octanol–water partition coefficient (Wildman–Crippen LogP) is 3.89. The average Bonchev–Trinajstić information content (AvgIpc) is 3.21. The molecule has 3 aromatic rings. The van der Waals surface area contributed by atoms with E-state index in [2.05, 4.69) is 5.16 Å². The van der Waals surface area contributed by atoms with Crippen LogP contribution in [0.3, 0.4) is 0 Å². The summed E-state index contributed by atoms with van der Waals surface area (Å²) in [6, 6.07) is 14.7. The van der Waals surface area contributed by atoms with Gasteiger partial charge in [0.1, 0.15) is 29.5 Å². The minimum Gasteiger partial charge on any atom is -0.486 e. The van der Waals surface area contributed by atoms with Crippen molar-refractivity contribution >= 4 is 16.1 Å². The number of hydrogen-bond acceptors (Lipinski definition) is 8. The number of carboxylic acid groups (broad SMARTS) is 1. The van der Waals surface area contributed by atoms with Gasteiger partial charge in [-0.1, -0.05) is 12.1 Å². The lowest BCUT2D eigenvalue weighted by molar-refractivity contribution is -0.154. The molecule has 0 spiro atoms. The Bertz CT molecular complexity index is 1170. The molecule has 1 heterocycles. The van der Waals surface area contributed by atoms with Crippen molar-refractivity contribution in [2.75, 3.05) is 6.26 Å². The molecule has 3 rings (SSSR count). The molecule has 10 heteroatoms. The first-order valence-corrected chi connectivity index (χ1v) is 11.5. The Morgan fingerprint density at radius 3 is 2.22 bits per heavy atom. The van der Waals surface area contributed by atoms with Crippen LogP contribution in [0.15, 0.2) is 59.1 Å². The van der Waals surface area contributed by atoms with Crippen molar-refractivity contribution in [3.63, 3.8) is 0 Å². The normalized spacial score (nSPS) is 13.2. The molecule has 1 aromatic heterocycles. The van der Waals surface area contributed by atoms with Crippen molar-refractivity contribution in [2.24, 2.45) is 0 Å². The summed E-state index contributed by atoms with van der Waals surface area (Å²) in [6.07, 6.45) is 1.30. The highest BCUT2D eigenvalue weighted by Gasteiger charge is 2.33. The number of nitrogens with zero attached hydrogens (tertiary/aromatic N) is 1. The Labute approximate surface area is 185 Å². The number of hydrogen-bond donors (Lipinski definition) is 1. The number of aromatic nitrogens is 1. The summed E-state index contributed by atoms with van der Waals surface area (Å²) in [5.41, 5.74) is -0.0150. The smallest absolute Gasteiger partial charge is 0.347 e. The quantitative estimate of drug-likeness (QED) is 0.448. The lowest BCUT2D eigenvalue weighted by Crippen LogP contribution is -2.40. The summed E-state index contributed by atoms with van der Waals surface area (Å²) in [5, 5.41) is 13.3. The average molecular weight is 461 g/mol. The molecule has 1 N–H and O–H groups in total. The molecular formula is C22H23NO8S. The molecule has 0 radical (unpaired) electrons. The third kappa shape index (κ3) is 6.01. The van der Waals surface area contributed by atoms with Crippen molar-refractivity contribution in [2.45, 2.75) is 32.5 Å². The lowest BCUT2D eigenvalue weighted by Gasteiger charge is -2.24. The molecule has 0 saturated carbocycles. The minimum atomic E-state index is -3.59. The van der Waals surface area contributed by atoms with Crippen LogP contribution in [0.4, 0.5) is 0 Å². The number of ether oxygens (including phenoxy) is 2. The monoisotopic (exact) mass is 461 g/mol. The molecule has 0 bridgehead atoms. The van der Waals surface area contributed by atoms with Gasteiger partial charge in [-0.05, 0) is 61.9 Å². The molecule has 0 fully saturated rings. The largest absolute Gasteiger partial charge is 0.486 e. The van der Waals surface area contributed by atoms with Crippen LogP contribution < -0.4 is 13.7 Å². The summed E-state index contributed by atoms with van der Waals surface area (Å²) in [4.78, 5) is 11.4. The highest BCUT2D eigenvalue weighted by molar-refractivity contribution is 7.86. The standard InChI is InChI=1S/C22H23NO8S/c1-4-22(2,21(24)25)29-17-11-9-16(10-12-17)28-14-19-13-20(23-30-19)15-5-7-18(8-6-15)31-32(3,26)27/h5-13H,4,14H2,1-3H3,(H,24,25)/t22-/m0/s1. The molecule has 0 aliphatic carbocycles. The Morgan fingerprint density at radius 2 is 1.66 bits per heavy atom. The van der Waals surface area contributed by atoms with Gasteiger partial charge in [0.25, 0.3) is 0 Å². The summed E-state index contributed by atoms with van der Waals surface area (Å²) < 4.78 is 43.7. The first-order chi connectivity index (χ1) is 15.1. The van der Waals surface area contributed by atoms with Crippen molar-refractivity contribution in [1.29, 1.82) is 0 Å². The second-order valence-electron chi connectivity index (χ2n) is 7.24. The van der Waals surface area contributed by atoms with Gasteiger partial charge in [0.2, 0.25) is 5.60 Å². The van der Waals surface area contributed by atoms with E-state index in [1.54, 1.807) is 49.4 Å². The van der Waals surface area contributed by atoms with Crippen LogP contribution in [0.5, 0.6) is 17.2 Å². The van der Waals surface area contributed by atoms with Gasteiger partial charge >= 0.3 is 16.1 Å². The second kappa shape index (κ2) is 9.31. The van der Waals surface area contributed by atoms with Crippen LogP contribution in [0, 0.1) is 0 Å². The van der Waals surface area contributed by atoms with E-state index in [0.29, 0.717) is 29.4 Å². The molecule has 0 unspecified atom stereocenters. The van der Waals surface area contributed by atoms with Gasteiger partial charge in [-0.3, -0.25) is 0 Å². The molecule has 0 saturated heterocycles. The van der Waals surface area contributed by atoms with Gasteiger partial charge in [0.15, 0.2) is 5.76 Å². The van der Waals surface area contributed by atoms with Crippen molar-refractivity contribution in [1.82, 2.24) is 5.16 Å². The van der Waals surface area contributed by atoms with Crippen LogP contribution in [0.1, 0.15) is 26.0 Å². The van der Waals surface area contributed by atoms with Crippen LogP contribution in [-0.4, -0.2) is 36.5 Å². The third-order valence-electron chi connectivity index (χ3n) is 4.63. The molecular weight excluding hydrogens is 438 g/mol. The van der Waals surface area contributed by atoms with Gasteiger partial charge in [-0.25, -0.2) is 4.79 Å². The number of carbonyl (C=O) groups is 1. The van der Waals surface area contributed by atoms with Crippen LogP contribution in [0.2, 0.25) is 0 Å². The highest BCUT2D eigenvalue weighted by Crippen LogP contribution is 2.26. The van der Waals surface area contributed by atoms with Gasteiger partial charge in [-0.15, -0.1) is 0 Å². The molecule has 170 valence electrons. The molecule has 32 heavy (non-hydrogen) atoms. The van der Waals surface area contributed by atoms with Crippen LogP contribution in [-0.2, 0) is 21.5 Å². The van der Waals surface area contributed by atoms with E-state index >= 15 is 0 Å². The maximum Gasteiger partial charge on any atom is 0.347 e. The van der Waals surface area contributed by atoms with Crippen LogP contribution in [0.25, 0.3) is 11.3 Å². The predicted molar refractivity (Wildman–Crippen MR) is 115 cm³/mol. The molecule has 9 nitrogen and oxygen atoms in total. The van der Waals surface area contributed by atoms with Crippen molar-refractivity contribution < 1.29 is 36.5 Å². The zero-order chi connectivity index (χ0) is 23.4. The third-order valence-corrected chi connectivity index (χ3v) is 5.13. The van der Waals surface area contributed by atoms with E-state index in [1.165, 1.54) is 19.1 Å². The van der Waals surface area contributed by atoms with E-state index in [9.17, 15) is 18.3 Å². The number of carboxylic acids is 1. The summed E-state index contributed by atoms with van der Waals surface area (Å²) in [6.45, 7) is 3.40. The lowest BCUT2D eigenvalue weighted by atomic mass is 10.0. The van der Waals surface area contributed by atoms with E-state index in [4.69, 9.17) is 18.2 Å². The Hall–Kier alpha value is -3.53. The molecule has 0 aliphatic heterocycles. The van der Waals surface area contributed by atoms with Crippen LogP contribution >= 0.6 is 0 Å². The van der Waals surface area contributed by atoms with Crippen molar-refractivity contribution in [3.05, 3.63) is 60.4 Å². The zero-order valence-corrected chi connectivity index (χ0v) is 18.6. The van der Waals surface area contributed by atoms with Gasteiger partial charge in [0.05, 0.1) is 6.26 Å². The first kappa shape index (κ1) is 23.1. The fourth-order valence-corrected chi connectivity index (χ4v) is 3.12. The molecule has 0 amide bonds. The van der Waals surface area contributed by atoms with E-state index in [-0.39, 0.29) is 12.4 Å². The minimum absolute atomic E-state index is 0.129. The van der Waals surface area contributed by atoms with Crippen molar-refractivity contribution in [3.8, 4) is 28.5 Å². The zero-order valence-electron chi connectivity index (χ0n) is 17.8. The molecule has 0 aliphatic rings. The van der Waals surface area contributed by atoms with E-state index in [1.807, 2.05) is 0 Å². The number of aliphatic carboxylic acids is 1. The second-order valence-corrected chi connectivity index (χ2v) is 8.82. The summed E-state index contributed by atoms with van der Waals surface area (Å²) >= 11 is 0. The SMILES string of the molecule is CC[C@](C)(Oc1ccc(OCc2cc(-c3ccc(OS(C)(=O)=O)cc3)no2)cc1)C(=O)O. The maximum atomic E-state index is 11.4. The Balaban J connectivity index is 1.59. The van der Waals surface area contributed by atoms with Gasteiger partial charge < -0.3 is 23.3 Å². The van der Waals surface area contributed by atoms with E-state index in [0.717, 1.165) is 11.8 Å². The Kier molecular flexibility index (Phi) is 6.73. The first-order valence-electron chi connectivity index (χ1n) is 9.69. The molecule has 1 atom stereocenters. The van der Waals surface area contributed by atoms with E-state index < -0.39 is 21.7 Å². The summed E-state index contributed by atoms with van der Waals surface area (Å²) in [5.74, 6) is 0.638. The highest BCUT2D eigenvalue weighted by atomic mass is 32.2. The number of rotatable bonds is 10. The Morgan fingerprint density at radius 1 is 1.06 bits per heavy atom.